The third kappa shape index (κ3) is 5.83. The number of halogens is 6. The summed E-state index contributed by atoms with van der Waals surface area (Å²) in [4.78, 5) is 6.40. The molecule has 1 saturated heterocycles. The number of ether oxygens (including phenoxy) is 2. The van der Waals surface area contributed by atoms with Crippen molar-refractivity contribution in [3.05, 3.63) is 29.7 Å². The molecule has 0 unspecified atom stereocenters. The van der Waals surface area contributed by atoms with Gasteiger partial charge in [-0.15, -0.1) is 23.4 Å². The SMILES string of the molecule is Cc1nnc(N2C[C@H]3CC[C@@H](C2)[C@@H]3Nc2nc(Oc3ccc(OC(F)(F)F)c(C(F)(F)F)c3)n(C(C)C)n2)o1. The normalized spacial score (nSPS) is 21.5. The average molecular weight is 561 g/mol. The number of alkyl halides is 6. The molecule has 2 bridgehead atoms. The molecule has 16 heteroatoms. The number of nitrogens with one attached hydrogen (secondary N) is 1. The van der Waals surface area contributed by atoms with E-state index < -0.39 is 23.9 Å². The maximum absolute atomic E-state index is 13.5. The van der Waals surface area contributed by atoms with Crippen LogP contribution in [0.25, 0.3) is 0 Å². The zero-order chi connectivity index (χ0) is 28.1. The molecule has 3 atom stereocenters. The quantitative estimate of drug-likeness (QED) is 0.370. The molecule has 1 N–H and O–H groups in total. The molecular weight excluding hydrogens is 536 g/mol. The molecule has 1 aliphatic heterocycles. The summed E-state index contributed by atoms with van der Waals surface area (Å²) < 4.78 is 94.3. The highest BCUT2D eigenvalue weighted by molar-refractivity contribution is 5.43. The van der Waals surface area contributed by atoms with Gasteiger partial charge < -0.3 is 24.1 Å². The molecule has 0 amide bonds. The first kappa shape index (κ1) is 26.9. The van der Waals surface area contributed by atoms with E-state index in [0.717, 1.165) is 18.9 Å². The van der Waals surface area contributed by atoms with Crippen LogP contribution in [0.1, 0.15) is 44.2 Å². The third-order valence-electron chi connectivity index (χ3n) is 6.70. The number of aromatic nitrogens is 5. The molecule has 0 spiro atoms. The van der Waals surface area contributed by atoms with Gasteiger partial charge in [-0.25, -0.2) is 4.68 Å². The summed E-state index contributed by atoms with van der Waals surface area (Å²) in [6.45, 7) is 6.67. The molecule has 1 saturated carbocycles. The Balaban J connectivity index is 1.34. The summed E-state index contributed by atoms with van der Waals surface area (Å²) >= 11 is 0. The van der Waals surface area contributed by atoms with Crippen LogP contribution >= 0.6 is 0 Å². The Kier molecular flexibility index (Phi) is 6.74. The van der Waals surface area contributed by atoms with E-state index in [2.05, 4.69) is 35.2 Å². The molecule has 3 aromatic rings. The highest BCUT2D eigenvalue weighted by atomic mass is 19.4. The Morgan fingerprint density at radius 3 is 2.31 bits per heavy atom. The van der Waals surface area contributed by atoms with Crippen LogP contribution in [0.3, 0.4) is 0 Å². The second-order valence-corrected chi connectivity index (χ2v) is 9.84. The molecular formula is C23H25F6N7O3. The molecule has 3 heterocycles. The van der Waals surface area contributed by atoms with Crippen molar-refractivity contribution >= 4 is 12.0 Å². The van der Waals surface area contributed by atoms with Crippen LogP contribution in [-0.4, -0.2) is 50.5 Å². The molecule has 1 aromatic carbocycles. The lowest BCUT2D eigenvalue weighted by Gasteiger charge is -2.37. The third-order valence-corrected chi connectivity index (χ3v) is 6.70. The number of anilines is 2. The van der Waals surface area contributed by atoms with Crippen molar-refractivity contribution in [2.75, 3.05) is 23.3 Å². The van der Waals surface area contributed by atoms with E-state index in [0.29, 0.717) is 37.1 Å². The largest absolute Gasteiger partial charge is 0.573 e. The van der Waals surface area contributed by atoms with Crippen molar-refractivity contribution in [3.63, 3.8) is 0 Å². The van der Waals surface area contributed by atoms with Gasteiger partial charge in [-0.3, -0.25) is 0 Å². The van der Waals surface area contributed by atoms with Gasteiger partial charge in [0, 0.05) is 26.1 Å². The second kappa shape index (κ2) is 9.79. The lowest BCUT2D eigenvalue weighted by atomic mass is 9.92. The Morgan fingerprint density at radius 1 is 1.05 bits per heavy atom. The van der Waals surface area contributed by atoms with Crippen LogP contribution in [-0.2, 0) is 6.18 Å². The van der Waals surface area contributed by atoms with E-state index in [1.807, 2.05) is 0 Å². The summed E-state index contributed by atoms with van der Waals surface area (Å²) in [6.07, 6.45) is -8.48. The molecule has 2 fully saturated rings. The highest BCUT2D eigenvalue weighted by Crippen LogP contribution is 2.42. The van der Waals surface area contributed by atoms with Crippen LogP contribution < -0.4 is 19.7 Å². The first-order valence-electron chi connectivity index (χ1n) is 12.2. The number of piperidine rings is 1. The standard InChI is InChI=1S/C23H25F6N7O3/c1-11(2)36-20(38-15-6-7-17(39-23(27,28)29)16(8-15)22(24,25)26)31-19(34-36)30-18-13-4-5-14(18)10-35(9-13)21-33-32-12(3)37-21/h6-8,11,13-14,18H,4-5,9-10H2,1-3H3,(H,30,34)/t13-,14+,18-. The minimum Gasteiger partial charge on any atom is -0.424 e. The molecule has 5 rings (SSSR count). The monoisotopic (exact) mass is 561 g/mol. The first-order valence-corrected chi connectivity index (χ1v) is 12.2. The Bertz CT molecular complexity index is 1310. The van der Waals surface area contributed by atoms with Gasteiger partial charge in [-0.1, -0.05) is 5.10 Å². The Hall–Kier alpha value is -3.72. The van der Waals surface area contributed by atoms with Crippen LogP contribution in [0.15, 0.2) is 22.6 Å². The number of hydrogen-bond acceptors (Lipinski definition) is 9. The van der Waals surface area contributed by atoms with E-state index in [-0.39, 0.29) is 41.6 Å². The van der Waals surface area contributed by atoms with Crippen molar-refractivity contribution < 1.29 is 40.2 Å². The van der Waals surface area contributed by atoms with Crippen molar-refractivity contribution in [1.29, 1.82) is 0 Å². The summed E-state index contributed by atoms with van der Waals surface area (Å²) in [7, 11) is 0. The number of benzene rings is 1. The zero-order valence-corrected chi connectivity index (χ0v) is 21.0. The van der Waals surface area contributed by atoms with Gasteiger partial charge >= 0.3 is 24.6 Å². The number of fused-ring (bicyclic) bond motifs is 2. The molecule has 2 aliphatic rings. The van der Waals surface area contributed by atoms with E-state index in [9.17, 15) is 26.3 Å². The maximum Gasteiger partial charge on any atom is 0.573 e. The van der Waals surface area contributed by atoms with Crippen LogP contribution in [0.4, 0.5) is 38.3 Å². The van der Waals surface area contributed by atoms with Gasteiger partial charge in [0.15, 0.2) is 0 Å². The van der Waals surface area contributed by atoms with E-state index in [1.165, 1.54) is 4.68 Å². The number of nitrogens with zero attached hydrogens (tertiary/aromatic N) is 6. The van der Waals surface area contributed by atoms with E-state index in [1.54, 1.807) is 20.8 Å². The van der Waals surface area contributed by atoms with Crippen molar-refractivity contribution in [2.45, 2.75) is 58.2 Å². The predicted octanol–water partition coefficient (Wildman–Crippen LogP) is 5.59. The first-order chi connectivity index (χ1) is 18.3. The summed E-state index contributed by atoms with van der Waals surface area (Å²) in [5.74, 6) is -0.564. The fourth-order valence-electron chi connectivity index (χ4n) is 5.07. The van der Waals surface area contributed by atoms with Crippen LogP contribution in [0.5, 0.6) is 17.5 Å². The minimum atomic E-state index is -5.29. The Morgan fingerprint density at radius 2 is 1.74 bits per heavy atom. The maximum atomic E-state index is 13.5. The average Bonchev–Trinajstić information content (AvgIpc) is 3.49. The topological polar surface area (TPSA) is 103 Å². The van der Waals surface area contributed by atoms with Gasteiger partial charge in [0.2, 0.25) is 11.8 Å². The summed E-state index contributed by atoms with van der Waals surface area (Å²) in [6, 6.07) is 2.05. The molecule has 1 aliphatic carbocycles. The van der Waals surface area contributed by atoms with Crippen molar-refractivity contribution in [2.24, 2.45) is 11.8 Å². The zero-order valence-electron chi connectivity index (χ0n) is 21.0. The second-order valence-electron chi connectivity index (χ2n) is 9.84. The lowest BCUT2D eigenvalue weighted by Crippen LogP contribution is -2.48. The molecule has 0 radical (unpaired) electrons. The summed E-state index contributed by atoms with van der Waals surface area (Å²) in [5, 5.41) is 15.8. The molecule has 2 aromatic heterocycles. The van der Waals surface area contributed by atoms with Gasteiger partial charge in [0.25, 0.3) is 0 Å². The molecule has 39 heavy (non-hydrogen) atoms. The van der Waals surface area contributed by atoms with Gasteiger partial charge in [0.05, 0.1) is 6.04 Å². The van der Waals surface area contributed by atoms with Crippen molar-refractivity contribution in [3.8, 4) is 17.5 Å². The number of hydrogen-bond donors (Lipinski definition) is 1. The van der Waals surface area contributed by atoms with E-state index >= 15 is 0 Å². The highest BCUT2D eigenvalue weighted by Gasteiger charge is 2.44. The summed E-state index contributed by atoms with van der Waals surface area (Å²) in [5.41, 5.74) is -1.63. The van der Waals surface area contributed by atoms with Crippen molar-refractivity contribution in [1.82, 2.24) is 25.0 Å². The lowest BCUT2D eigenvalue weighted by molar-refractivity contribution is -0.276. The Labute approximate surface area is 218 Å². The molecule has 10 nitrogen and oxygen atoms in total. The van der Waals surface area contributed by atoms with Gasteiger partial charge in [0.1, 0.15) is 17.1 Å². The van der Waals surface area contributed by atoms with E-state index in [4.69, 9.17) is 9.15 Å². The predicted molar refractivity (Wildman–Crippen MR) is 123 cm³/mol. The van der Waals surface area contributed by atoms with Crippen LogP contribution in [0.2, 0.25) is 0 Å². The fourth-order valence-corrected chi connectivity index (χ4v) is 5.07. The smallest absolute Gasteiger partial charge is 0.424 e. The van der Waals surface area contributed by atoms with Gasteiger partial charge in [-0.2, -0.15) is 18.2 Å². The number of rotatable bonds is 7. The minimum absolute atomic E-state index is 0.0387. The number of aryl methyl sites for hydroxylation is 1. The van der Waals surface area contributed by atoms with Gasteiger partial charge in [-0.05, 0) is 56.7 Å². The fraction of sp³-hybridized carbons (Fsp3) is 0.565. The molecule has 212 valence electrons. The van der Waals surface area contributed by atoms with Crippen LogP contribution in [0, 0.1) is 18.8 Å².